The Balaban J connectivity index is 1.76. The van der Waals surface area contributed by atoms with Crippen LogP contribution in [0.5, 0.6) is 5.75 Å². The zero-order valence-corrected chi connectivity index (χ0v) is 14.9. The Morgan fingerprint density at radius 2 is 1.78 bits per heavy atom. The van der Waals surface area contributed by atoms with Gasteiger partial charge in [0.1, 0.15) is 6.17 Å². The molecule has 0 saturated heterocycles. The van der Waals surface area contributed by atoms with Crippen LogP contribution in [0.3, 0.4) is 0 Å². The molecule has 1 aliphatic rings. The second-order valence-corrected chi connectivity index (χ2v) is 6.41. The minimum Gasteiger partial charge on any atom is -0.494 e. The highest BCUT2D eigenvalue weighted by molar-refractivity contribution is 6.01. The van der Waals surface area contributed by atoms with Gasteiger partial charge in [-0.15, -0.1) is 0 Å². The predicted octanol–water partition coefficient (Wildman–Crippen LogP) is 4.60. The first kappa shape index (κ1) is 17.1. The Morgan fingerprint density at radius 3 is 2.52 bits per heavy atom. The minimum atomic E-state index is -0.479. The standard InChI is InChI=1S/C22H19FN2O2/c1-27-20-12-11-16(13-18(20)23)21-24-19-10-6-5-9-17(19)22(26)25(21)14-15-7-3-2-4-8-15/h2-13,21,24H,14H2,1H3/t21-/m1/s1. The molecular weight excluding hydrogens is 343 g/mol. The largest absolute Gasteiger partial charge is 0.494 e. The Hall–Kier alpha value is -3.34. The third-order valence-corrected chi connectivity index (χ3v) is 4.71. The van der Waals surface area contributed by atoms with Crippen molar-refractivity contribution in [3.05, 3.63) is 95.3 Å². The van der Waals surface area contributed by atoms with Crippen LogP contribution in [0.2, 0.25) is 0 Å². The lowest BCUT2D eigenvalue weighted by molar-refractivity contribution is 0.0666. The lowest BCUT2D eigenvalue weighted by Gasteiger charge is -2.38. The lowest BCUT2D eigenvalue weighted by atomic mass is 10.0. The molecule has 1 amide bonds. The summed E-state index contributed by atoms with van der Waals surface area (Å²) >= 11 is 0. The molecule has 0 fully saturated rings. The quantitative estimate of drug-likeness (QED) is 0.737. The van der Waals surface area contributed by atoms with Crippen LogP contribution in [-0.2, 0) is 6.54 Å². The number of fused-ring (bicyclic) bond motifs is 1. The first-order valence-electron chi connectivity index (χ1n) is 8.71. The molecule has 3 aromatic carbocycles. The third kappa shape index (κ3) is 3.24. The molecule has 0 spiro atoms. The number of carbonyl (C=O) groups is 1. The summed E-state index contributed by atoms with van der Waals surface area (Å²) < 4.78 is 19.3. The lowest BCUT2D eigenvalue weighted by Crippen LogP contribution is -2.42. The van der Waals surface area contributed by atoms with Crippen molar-refractivity contribution < 1.29 is 13.9 Å². The molecule has 4 nitrogen and oxygen atoms in total. The zero-order valence-electron chi connectivity index (χ0n) is 14.9. The summed E-state index contributed by atoms with van der Waals surface area (Å²) in [5.74, 6) is -0.368. The maximum Gasteiger partial charge on any atom is 0.258 e. The summed E-state index contributed by atoms with van der Waals surface area (Å²) in [6, 6.07) is 21.9. The summed E-state index contributed by atoms with van der Waals surface area (Å²) in [6.45, 7) is 0.416. The molecule has 1 atom stereocenters. The van der Waals surface area contributed by atoms with Crippen molar-refractivity contribution in [3.8, 4) is 5.75 Å². The van der Waals surface area contributed by atoms with Gasteiger partial charge in [-0.25, -0.2) is 4.39 Å². The van der Waals surface area contributed by atoms with E-state index in [1.54, 1.807) is 23.1 Å². The van der Waals surface area contributed by atoms with Gasteiger partial charge in [0.25, 0.3) is 5.91 Å². The van der Waals surface area contributed by atoms with Crippen LogP contribution in [0.4, 0.5) is 10.1 Å². The average Bonchev–Trinajstić information content (AvgIpc) is 2.71. The molecule has 5 heteroatoms. The Labute approximate surface area is 157 Å². The fraction of sp³-hybridized carbons (Fsp3) is 0.136. The van der Waals surface area contributed by atoms with Crippen molar-refractivity contribution in [3.63, 3.8) is 0 Å². The summed E-state index contributed by atoms with van der Waals surface area (Å²) in [5, 5.41) is 3.38. The van der Waals surface area contributed by atoms with Crippen LogP contribution in [-0.4, -0.2) is 17.9 Å². The fourth-order valence-corrected chi connectivity index (χ4v) is 3.35. The van der Waals surface area contributed by atoms with E-state index in [0.717, 1.165) is 11.3 Å². The number of rotatable bonds is 4. The summed E-state index contributed by atoms with van der Waals surface area (Å²) in [6.07, 6.45) is -0.479. The number of nitrogens with zero attached hydrogens (tertiary/aromatic N) is 1. The predicted molar refractivity (Wildman–Crippen MR) is 102 cm³/mol. The number of hydrogen-bond acceptors (Lipinski definition) is 3. The van der Waals surface area contributed by atoms with Crippen molar-refractivity contribution in [1.82, 2.24) is 4.90 Å². The van der Waals surface area contributed by atoms with Crippen LogP contribution in [0.1, 0.15) is 27.7 Å². The van der Waals surface area contributed by atoms with Gasteiger partial charge in [0.15, 0.2) is 11.6 Å². The van der Waals surface area contributed by atoms with Gasteiger partial charge >= 0.3 is 0 Å². The van der Waals surface area contributed by atoms with E-state index < -0.39 is 12.0 Å². The number of amides is 1. The number of anilines is 1. The Morgan fingerprint density at radius 1 is 1.04 bits per heavy atom. The van der Waals surface area contributed by atoms with Gasteiger partial charge < -0.3 is 15.0 Å². The van der Waals surface area contributed by atoms with Gasteiger partial charge in [0.05, 0.1) is 12.7 Å². The molecule has 0 aliphatic carbocycles. The molecule has 136 valence electrons. The van der Waals surface area contributed by atoms with Crippen LogP contribution >= 0.6 is 0 Å². The van der Waals surface area contributed by atoms with E-state index in [9.17, 15) is 9.18 Å². The summed E-state index contributed by atoms with van der Waals surface area (Å²) in [4.78, 5) is 14.9. The summed E-state index contributed by atoms with van der Waals surface area (Å²) in [5.41, 5.74) is 3.02. The molecule has 0 unspecified atom stereocenters. The number of methoxy groups -OCH3 is 1. The van der Waals surface area contributed by atoms with Crippen LogP contribution in [0.25, 0.3) is 0 Å². The number of ether oxygens (including phenoxy) is 1. The van der Waals surface area contributed by atoms with E-state index in [0.29, 0.717) is 17.7 Å². The Kier molecular flexibility index (Phi) is 4.50. The SMILES string of the molecule is COc1ccc([C@@H]2Nc3ccccc3C(=O)N2Cc2ccccc2)cc1F. The first-order chi connectivity index (χ1) is 13.2. The van der Waals surface area contributed by atoms with Gasteiger partial charge in [0, 0.05) is 12.2 Å². The number of hydrogen-bond donors (Lipinski definition) is 1. The van der Waals surface area contributed by atoms with Crippen molar-refractivity contribution in [1.29, 1.82) is 0 Å². The average molecular weight is 362 g/mol. The van der Waals surface area contributed by atoms with Gasteiger partial charge in [0.2, 0.25) is 0 Å². The van der Waals surface area contributed by atoms with E-state index in [1.807, 2.05) is 48.5 Å². The van der Waals surface area contributed by atoms with E-state index in [2.05, 4.69) is 5.32 Å². The van der Waals surface area contributed by atoms with Crippen LogP contribution < -0.4 is 10.1 Å². The fourth-order valence-electron chi connectivity index (χ4n) is 3.35. The van der Waals surface area contributed by atoms with Gasteiger partial charge in [-0.3, -0.25) is 4.79 Å². The molecule has 0 aromatic heterocycles. The van der Waals surface area contributed by atoms with Crippen molar-refractivity contribution in [2.45, 2.75) is 12.7 Å². The molecule has 3 aromatic rings. The molecule has 1 N–H and O–H groups in total. The molecule has 0 bridgehead atoms. The molecule has 0 saturated carbocycles. The molecule has 1 aliphatic heterocycles. The maximum atomic E-state index is 14.3. The van der Waals surface area contributed by atoms with Gasteiger partial charge in [-0.2, -0.15) is 0 Å². The number of halogens is 1. The van der Waals surface area contributed by atoms with Crippen molar-refractivity contribution in [2.75, 3.05) is 12.4 Å². The van der Waals surface area contributed by atoms with Crippen molar-refractivity contribution in [2.24, 2.45) is 0 Å². The molecule has 0 radical (unpaired) electrons. The molecule has 4 rings (SSSR count). The highest BCUT2D eigenvalue weighted by Crippen LogP contribution is 2.35. The summed E-state index contributed by atoms with van der Waals surface area (Å²) in [7, 11) is 1.43. The van der Waals surface area contributed by atoms with E-state index in [1.165, 1.54) is 13.2 Å². The van der Waals surface area contributed by atoms with Gasteiger partial charge in [-0.1, -0.05) is 48.5 Å². The van der Waals surface area contributed by atoms with E-state index in [-0.39, 0.29) is 11.7 Å². The third-order valence-electron chi connectivity index (χ3n) is 4.71. The van der Waals surface area contributed by atoms with E-state index >= 15 is 0 Å². The number of para-hydroxylation sites is 1. The molecular formula is C22H19FN2O2. The Bertz CT molecular complexity index is 975. The van der Waals surface area contributed by atoms with Gasteiger partial charge in [-0.05, 0) is 35.4 Å². The molecule has 1 heterocycles. The molecule has 27 heavy (non-hydrogen) atoms. The monoisotopic (exact) mass is 362 g/mol. The smallest absolute Gasteiger partial charge is 0.258 e. The number of carbonyl (C=O) groups excluding carboxylic acids is 1. The second-order valence-electron chi connectivity index (χ2n) is 6.41. The normalized spacial score (nSPS) is 15.9. The number of benzene rings is 3. The minimum absolute atomic E-state index is 0.0885. The van der Waals surface area contributed by atoms with E-state index in [4.69, 9.17) is 4.74 Å². The topological polar surface area (TPSA) is 41.6 Å². The number of nitrogens with one attached hydrogen (secondary N) is 1. The second kappa shape index (κ2) is 7.11. The first-order valence-corrected chi connectivity index (χ1v) is 8.71. The highest BCUT2D eigenvalue weighted by atomic mass is 19.1. The highest BCUT2D eigenvalue weighted by Gasteiger charge is 2.33. The van der Waals surface area contributed by atoms with Crippen LogP contribution in [0.15, 0.2) is 72.8 Å². The van der Waals surface area contributed by atoms with Crippen molar-refractivity contribution >= 4 is 11.6 Å². The maximum absolute atomic E-state index is 14.3. The van der Waals surface area contributed by atoms with Crippen LogP contribution in [0, 0.1) is 5.82 Å². The zero-order chi connectivity index (χ0) is 18.8.